The number of morpholine rings is 1. The van der Waals surface area contributed by atoms with Crippen molar-refractivity contribution in [3.63, 3.8) is 0 Å². The Morgan fingerprint density at radius 2 is 2.00 bits per heavy atom. The number of ether oxygens (including phenoxy) is 1. The molecule has 4 aromatic rings. The Balaban J connectivity index is 0.986. The van der Waals surface area contributed by atoms with Gasteiger partial charge in [0.15, 0.2) is 0 Å². The first-order valence-corrected chi connectivity index (χ1v) is 17.5. The minimum Gasteiger partial charge on any atom is -0.506 e. The van der Waals surface area contributed by atoms with Gasteiger partial charge in [0.25, 0.3) is 5.91 Å². The largest absolute Gasteiger partial charge is 0.506 e. The van der Waals surface area contributed by atoms with Crippen molar-refractivity contribution in [3.8, 4) is 5.75 Å². The molecule has 0 bridgehead atoms. The number of hydrogen-bond donors (Lipinski definition) is 4. The van der Waals surface area contributed by atoms with Crippen molar-refractivity contribution in [2.45, 2.75) is 57.3 Å². The fourth-order valence-corrected chi connectivity index (χ4v) is 8.23. The van der Waals surface area contributed by atoms with E-state index < -0.39 is 6.10 Å². The van der Waals surface area contributed by atoms with Crippen LogP contribution in [0.3, 0.4) is 0 Å². The number of aromatic hydroxyl groups is 1. The van der Waals surface area contributed by atoms with Crippen LogP contribution in [0.2, 0.25) is 0 Å². The number of aromatic amines is 1. The molecule has 4 N–H and O–H groups in total. The lowest BCUT2D eigenvalue weighted by molar-refractivity contribution is -0.128. The topological polar surface area (TPSA) is 131 Å². The number of piperidine rings is 1. The van der Waals surface area contributed by atoms with Crippen LogP contribution in [0.4, 0.5) is 4.39 Å². The predicted molar refractivity (Wildman–Crippen MR) is 177 cm³/mol. The van der Waals surface area contributed by atoms with E-state index in [4.69, 9.17) is 4.74 Å². The molecule has 1 unspecified atom stereocenters. The van der Waals surface area contributed by atoms with Crippen LogP contribution in [-0.4, -0.2) is 87.4 Å². The Bertz CT molecular complexity index is 1730. The normalized spacial score (nSPS) is 17.6. The standard InChI is InChI=1S/C33H40FN5O5S2/c1-2-3-28-36-25(19-45-28)31(42)39-12-13-44-33(20-39)7-10-38(11-8-33)18-22-14-21(15-23(34)16-22)6-9-35-17-27(41)24-4-5-26(40)29-30(24)46-32(43)37-29/h4-5,14-16,19,27,35,40-41H,2-3,6-13,17-18,20H2,1H3,(H,37,43). The lowest BCUT2D eigenvalue weighted by Crippen LogP contribution is -2.58. The highest BCUT2D eigenvalue weighted by atomic mass is 32.1. The zero-order valence-corrected chi connectivity index (χ0v) is 27.5. The predicted octanol–water partition coefficient (Wildman–Crippen LogP) is 4.22. The number of carbonyl (C=O) groups excluding carboxylic acids is 1. The van der Waals surface area contributed by atoms with Crippen LogP contribution in [0.5, 0.6) is 5.75 Å². The van der Waals surface area contributed by atoms with Gasteiger partial charge in [0.05, 0.1) is 34.6 Å². The van der Waals surface area contributed by atoms with Crippen LogP contribution in [0.25, 0.3) is 10.2 Å². The van der Waals surface area contributed by atoms with Crippen LogP contribution >= 0.6 is 22.7 Å². The summed E-state index contributed by atoms with van der Waals surface area (Å²) >= 11 is 2.50. The third kappa shape index (κ3) is 7.50. The number of nitrogens with one attached hydrogen (secondary N) is 2. The number of halogens is 1. The number of aliphatic hydroxyl groups is 1. The van der Waals surface area contributed by atoms with E-state index in [-0.39, 0.29) is 34.5 Å². The number of phenols is 1. The van der Waals surface area contributed by atoms with Gasteiger partial charge in [-0.2, -0.15) is 0 Å². The molecule has 13 heteroatoms. The molecule has 2 aromatic heterocycles. The maximum Gasteiger partial charge on any atom is 0.305 e. The van der Waals surface area contributed by atoms with Crippen molar-refractivity contribution in [2.24, 2.45) is 0 Å². The molecule has 0 saturated carbocycles. The molecule has 6 rings (SSSR count). The van der Waals surface area contributed by atoms with Gasteiger partial charge in [-0.25, -0.2) is 9.37 Å². The fraction of sp³-hybridized carbons (Fsp3) is 0.485. The van der Waals surface area contributed by atoms with E-state index in [1.165, 1.54) is 6.07 Å². The van der Waals surface area contributed by atoms with Gasteiger partial charge in [-0.1, -0.05) is 30.4 Å². The number of amides is 1. The van der Waals surface area contributed by atoms with E-state index in [9.17, 15) is 24.2 Å². The van der Waals surface area contributed by atoms with Crippen molar-refractivity contribution in [2.75, 3.05) is 45.9 Å². The number of likely N-dealkylation sites (tertiary alicyclic amines) is 1. The summed E-state index contributed by atoms with van der Waals surface area (Å²) in [6.45, 7) is 6.76. The van der Waals surface area contributed by atoms with Gasteiger partial charge in [0.1, 0.15) is 22.8 Å². The van der Waals surface area contributed by atoms with Gasteiger partial charge in [-0.15, -0.1) is 11.3 Å². The van der Waals surface area contributed by atoms with Crippen LogP contribution < -0.4 is 10.2 Å². The Morgan fingerprint density at radius 3 is 2.80 bits per heavy atom. The molecule has 10 nitrogen and oxygen atoms in total. The summed E-state index contributed by atoms with van der Waals surface area (Å²) in [6.07, 6.45) is 3.21. The lowest BCUT2D eigenvalue weighted by atomic mass is 9.89. The van der Waals surface area contributed by atoms with E-state index in [0.717, 1.165) is 66.2 Å². The highest BCUT2D eigenvalue weighted by Crippen LogP contribution is 2.33. The molecule has 0 radical (unpaired) electrons. The zero-order valence-electron chi connectivity index (χ0n) is 25.9. The second-order valence-electron chi connectivity index (χ2n) is 12.2. The molecule has 4 heterocycles. The average Bonchev–Trinajstić information content (AvgIpc) is 3.67. The molecule has 2 fully saturated rings. The van der Waals surface area contributed by atoms with E-state index in [2.05, 4.69) is 27.1 Å². The van der Waals surface area contributed by atoms with Gasteiger partial charge >= 0.3 is 4.87 Å². The van der Waals surface area contributed by atoms with E-state index in [1.807, 2.05) is 16.3 Å². The Hall–Kier alpha value is -3.20. The number of rotatable bonds is 11. The summed E-state index contributed by atoms with van der Waals surface area (Å²) in [5, 5.41) is 26.8. The maximum atomic E-state index is 14.6. The summed E-state index contributed by atoms with van der Waals surface area (Å²) in [4.78, 5) is 36.0. The minimum atomic E-state index is -0.871. The van der Waals surface area contributed by atoms with Gasteiger partial charge in [0, 0.05) is 43.7 Å². The monoisotopic (exact) mass is 669 g/mol. The third-order valence-electron chi connectivity index (χ3n) is 8.84. The first-order chi connectivity index (χ1) is 22.2. The van der Waals surface area contributed by atoms with Crippen molar-refractivity contribution in [3.05, 3.63) is 78.6 Å². The highest BCUT2D eigenvalue weighted by molar-refractivity contribution is 7.16. The molecule has 2 aliphatic rings. The molecule has 1 spiro atoms. The number of aliphatic hydroxyl groups excluding tert-OH is 1. The number of aromatic nitrogens is 2. The molecular formula is C33H40FN5O5S2. The summed E-state index contributed by atoms with van der Waals surface area (Å²) in [7, 11) is 0. The molecular weight excluding hydrogens is 630 g/mol. The van der Waals surface area contributed by atoms with E-state index in [0.29, 0.717) is 60.7 Å². The second kappa shape index (κ2) is 14.3. The molecule has 1 atom stereocenters. The molecule has 0 aliphatic carbocycles. The SMILES string of the molecule is CCCc1nc(C(=O)N2CCOC3(CCN(Cc4cc(F)cc(CCNCC(O)c5ccc(O)c6[nH]c(=O)sc56)c4)CC3)C2)cs1. The first-order valence-electron chi connectivity index (χ1n) is 15.8. The first kappa shape index (κ1) is 32.7. The second-order valence-corrected chi connectivity index (χ2v) is 14.2. The van der Waals surface area contributed by atoms with Crippen molar-refractivity contribution < 1.29 is 24.1 Å². The summed E-state index contributed by atoms with van der Waals surface area (Å²) in [5.74, 6) is -0.322. The summed E-state index contributed by atoms with van der Waals surface area (Å²) in [6, 6.07) is 8.25. The Morgan fingerprint density at radius 1 is 1.20 bits per heavy atom. The number of carbonyl (C=O) groups is 1. The van der Waals surface area contributed by atoms with Gasteiger partial charge in [0.2, 0.25) is 0 Å². The van der Waals surface area contributed by atoms with Gasteiger partial charge < -0.3 is 30.2 Å². The summed E-state index contributed by atoms with van der Waals surface area (Å²) < 4.78 is 21.4. The molecule has 2 aliphatic heterocycles. The molecule has 1 amide bonds. The minimum absolute atomic E-state index is 0.0170. The van der Waals surface area contributed by atoms with Crippen LogP contribution in [0.1, 0.15) is 64.5 Å². The number of hydrogen-bond acceptors (Lipinski definition) is 10. The van der Waals surface area contributed by atoms with E-state index >= 15 is 0 Å². The van der Waals surface area contributed by atoms with Crippen LogP contribution in [0, 0.1) is 5.82 Å². The Kier molecular flexibility index (Phi) is 10.2. The van der Waals surface area contributed by atoms with Crippen molar-refractivity contribution in [1.82, 2.24) is 25.1 Å². The Labute approximate surface area is 274 Å². The lowest BCUT2D eigenvalue weighted by Gasteiger charge is -2.47. The number of fused-ring (bicyclic) bond motifs is 1. The zero-order chi connectivity index (χ0) is 32.3. The smallest absolute Gasteiger partial charge is 0.305 e. The van der Waals surface area contributed by atoms with Crippen LogP contribution in [0.15, 0.2) is 40.5 Å². The van der Waals surface area contributed by atoms with Gasteiger partial charge in [-0.05, 0) is 68.0 Å². The molecule has 2 aromatic carbocycles. The molecule has 246 valence electrons. The van der Waals surface area contributed by atoms with Crippen LogP contribution in [-0.2, 0) is 24.1 Å². The number of thiazole rings is 2. The maximum absolute atomic E-state index is 14.6. The number of nitrogens with zero attached hydrogens (tertiary/aromatic N) is 3. The average molecular weight is 670 g/mol. The fourth-order valence-electron chi connectivity index (χ4n) is 6.43. The number of aryl methyl sites for hydroxylation is 1. The van der Waals surface area contributed by atoms with Crippen molar-refractivity contribution in [1.29, 1.82) is 0 Å². The van der Waals surface area contributed by atoms with Crippen molar-refractivity contribution >= 4 is 38.8 Å². The van der Waals surface area contributed by atoms with Gasteiger partial charge in [-0.3, -0.25) is 14.5 Å². The third-order valence-corrected chi connectivity index (χ3v) is 10.7. The number of benzene rings is 2. The highest BCUT2D eigenvalue weighted by Gasteiger charge is 2.41. The summed E-state index contributed by atoms with van der Waals surface area (Å²) in [5.41, 5.74) is 2.85. The molecule has 2 saturated heterocycles. The molecule has 46 heavy (non-hydrogen) atoms. The number of phenolic OH excluding ortho intramolecular Hbond substituents is 1. The quantitative estimate of drug-likeness (QED) is 0.175. The van der Waals surface area contributed by atoms with E-state index in [1.54, 1.807) is 29.5 Å². The number of H-pyrrole nitrogens is 1.